The molecule has 7 heteroatoms. The zero-order valence-corrected chi connectivity index (χ0v) is 13.8. The number of sulfonamides is 1. The molecule has 19 heavy (non-hydrogen) atoms. The van der Waals surface area contributed by atoms with E-state index in [1.165, 1.54) is 12.3 Å². The molecule has 0 radical (unpaired) electrons. The second kappa shape index (κ2) is 6.67. The molecule has 0 saturated heterocycles. The Morgan fingerprint density at radius 2 is 2.11 bits per heavy atom. The van der Waals surface area contributed by atoms with Gasteiger partial charge in [0.25, 0.3) is 0 Å². The third-order valence-corrected chi connectivity index (χ3v) is 5.00. The maximum Gasteiger partial charge on any atom is 0.244 e. The number of nitrogens with two attached hydrogens (primary N) is 1. The van der Waals surface area contributed by atoms with Crippen LogP contribution in [0.4, 0.5) is 5.82 Å². The molecular formula is C12H20BrN3O2S. The average molecular weight is 350 g/mol. The van der Waals surface area contributed by atoms with Crippen LogP contribution in [0.25, 0.3) is 0 Å². The summed E-state index contributed by atoms with van der Waals surface area (Å²) >= 11 is 3.20. The van der Waals surface area contributed by atoms with Gasteiger partial charge in [0.2, 0.25) is 10.0 Å². The maximum atomic E-state index is 12.2. The lowest BCUT2D eigenvalue weighted by molar-refractivity contribution is 0.445. The molecule has 3 N–H and O–H groups in total. The molecule has 2 unspecified atom stereocenters. The highest BCUT2D eigenvalue weighted by Gasteiger charge is 2.22. The van der Waals surface area contributed by atoms with E-state index in [1.54, 1.807) is 0 Å². The van der Waals surface area contributed by atoms with Crippen molar-refractivity contribution in [1.82, 2.24) is 9.71 Å². The Balaban J connectivity index is 2.89. The molecular weight excluding hydrogens is 330 g/mol. The molecule has 0 saturated carbocycles. The van der Waals surface area contributed by atoms with Gasteiger partial charge in [0.15, 0.2) is 0 Å². The highest BCUT2D eigenvalue weighted by atomic mass is 79.9. The third-order valence-electron chi connectivity index (χ3n) is 2.95. The summed E-state index contributed by atoms with van der Waals surface area (Å²) in [6.45, 7) is 6.03. The number of rotatable bonds is 6. The number of halogens is 1. The summed E-state index contributed by atoms with van der Waals surface area (Å²) in [5.41, 5.74) is 5.63. The fourth-order valence-corrected chi connectivity index (χ4v) is 3.64. The molecule has 108 valence electrons. The van der Waals surface area contributed by atoms with Gasteiger partial charge in [0.1, 0.15) is 10.7 Å². The maximum absolute atomic E-state index is 12.2. The summed E-state index contributed by atoms with van der Waals surface area (Å²) < 4.78 is 27.7. The van der Waals surface area contributed by atoms with Crippen LogP contribution >= 0.6 is 15.9 Å². The third kappa shape index (κ3) is 4.74. The van der Waals surface area contributed by atoms with Gasteiger partial charge in [-0.25, -0.2) is 18.1 Å². The Morgan fingerprint density at radius 1 is 1.47 bits per heavy atom. The monoisotopic (exact) mass is 349 g/mol. The number of nitrogens with zero attached hydrogens (tertiary/aromatic N) is 1. The molecule has 0 aliphatic rings. The second-order valence-corrected chi connectivity index (χ2v) is 7.41. The first kappa shape index (κ1) is 16.4. The van der Waals surface area contributed by atoms with Crippen molar-refractivity contribution in [1.29, 1.82) is 0 Å². The zero-order valence-electron chi connectivity index (χ0n) is 11.4. The lowest BCUT2D eigenvalue weighted by atomic mass is 10.0. The smallest absolute Gasteiger partial charge is 0.244 e. The Bertz CT molecular complexity index is 534. The van der Waals surface area contributed by atoms with Gasteiger partial charge in [-0.1, -0.05) is 20.3 Å². The minimum absolute atomic E-state index is 0.00596. The quantitative estimate of drug-likeness (QED) is 0.826. The Hall–Kier alpha value is -0.660. The molecule has 1 aromatic rings. The number of nitrogen functional groups attached to an aromatic ring is 1. The van der Waals surface area contributed by atoms with Crippen LogP contribution in [0.3, 0.4) is 0 Å². The number of nitrogens with one attached hydrogen (secondary N) is 1. The molecule has 0 aliphatic heterocycles. The Labute approximate surface area is 123 Å². The highest BCUT2D eigenvalue weighted by Crippen LogP contribution is 2.21. The van der Waals surface area contributed by atoms with E-state index < -0.39 is 10.0 Å². The number of aromatic nitrogens is 1. The molecule has 1 aromatic heterocycles. The highest BCUT2D eigenvalue weighted by molar-refractivity contribution is 9.10. The van der Waals surface area contributed by atoms with Crippen LogP contribution < -0.4 is 10.5 Å². The van der Waals surface area contributed by atoms with Crippen molar-refractivity contribution in [2.45, 2.75) is 44.6 Å². The van der Waals surface area contributed by atoms with Crippen LogP contribution in [-0.4, -0.2) is 19.4 Å². The minimum atomic E-state index is -3.63. The molecule has 5 nitrogen and oxygen atoms in total. The number of pyridine rings is 1. The van der Waals surface area contributed by atoms with Gasteiger partial charge in [-0.05, 0) is 41.3 Å². The van der Waals surface area contributed by atoms with E-state index in [0.717, 1.165) is 12.8 Å². The largest absolute Gasteiger partial charge is 0.383 e. The molecule has 0 bridgehead atoms. The van der Waals surface area contributed by atoms with Crippen molar-refractivity contribution in [3.8, 4) is 0 Å². The van der Waals surface area contributed by atoms with E-state index in [0.29, 0.717) is 10.4 Å². The lowest BCUT2D eigenvalue weighted by Gasteiger charge is -2.18. The van der Waals surface area contributed by atoms with Crippen LogP contribution in [0.15, 0.2) is 21.6 Å². The standard InChI is InChI=1S/C12H20BrN3O2S/c1-4-8(2)5-9(3)16-19(17,18)11-6-10(13)7-15-12(11)14/h6-9,16H,4-5H2,1-3H3,(H2,14,15). The van der Waals surface area contributed by atoms with Gasteiger partial charge >= 0.3 is 0 Å². The lowest BCUT2D eigenvalue weighted by Crippen LogP contribution is -2.34. The Morgan fingerprint density at radius 3 is 2.68 bits per heavy atom. The second-order valence-electron chi connectivity index (χ2n) is 4.81. The van der Waals surface area contributed by atoms with E-state index in [2.05, 4.69) is 39.5 Å². The summed E-state index contributed by atoms with van der Waals surface area (Å²) in [5, 5.41) is 0. The van der Waals surface area contributed by atoms with Crippen LogP contribution in [0.5, 0.6) is 0 Å². The zero-order chi connectivity index (χ0) is 14.6. The van der Waals surface area contributed by atoms with Gasteiger partial charge in [-0.2, -0.15) is 0 Å². The van der Waals surface area contributed by atoms with Gasteiger partial charge in [-0.3, -0.25) is 0 Å². The fraction of sp³-hybridized carbons (Fsp3) is 0.583. The first-order chi connectivity index (χ1) is 8.76. The van der Waals surface area contributed by atoms with Crippen LogP contribution in [0.2, 0.25) is 0 Å². The summed E-state index contributed by atoms with van der Waals surface area (Å²) in [7, 11) is -3.63. The van der Waals surface area contributed by atoms with E-state index in [4.69, 9.17) is 5.73 Å². The average Bonchev–Trinajstić information content (AvgIpc) is 2.31. The minimum Gasteiger partial charge on any atom is -0.383 e. The van der Waals surface area contributed by atoms with Crippen molar-refractivity contribution in [3.63, 3.8) is 0 Å². The van der Waals surface area contributed by atoms with E-state index in [9.17, 15) is 8.42 Å². The summed E-state index contributed by atoms with van der Waals surface area (Å²) in [5.74, 6) is 0.474. The molecule has 0 aliphatic carbocycles. The molecule has 2 atom stereocenters. The molecule has 1 rings (SSSR count). The van der Waals surface area contributed by atoms with E-state index >= 15 is 0 Å². The molecule has 0 aromatic carbocycles. The van der Waals surface area contributed by atoms with Crippen LogP contribution in [0, 0.1) is 5.92 Å². The normalized spacial score (nSPS) is 15.2. The van der Waals surface area contributed by atoms with Crippen molar-refractivity contribution >= 4 is 31.8 Å². The summed E-state index contributed by atoms with van der Waals surface area (Å²) in [6, 6.07) is 1.32. The van der Waals surface area contributed by atoms with E-state index in [1.807, 2.05) is 6.92 Å². The van der Waals surface area contributed by atoms with Gasteiger partial charge in [-0.15, -0.1) is 0 Å². The first-order valence-electron chi connectivity index (χ1n) is 6.19. The number of anilines is 1. The molecule has 1 heterocycles. The molecule has 0 amide bonds. The van der Waals surface area contributed by atoms with Crippen LogP contribution in [0.1, 0.15) is 33.6 Å². The predicted octanol–water partition coefficient (Wildman–Crippen LogP) is 2.53. The number of hydrogen-bond acceptors (Lipinski definition) is 4. The first-order valence-corrected chi connectivity index (χ1v) is 8.47. The van der Waals surface area contributed by atoms with E-state index in [-0.39, 0.29) is 16.8 Å². The van der Waals surface area contributed by atoms with Crippen molar-refractivity contribution in [2.24, 2.45) is 5.92 Å². The van der Waals surface area contributed by atoms with Gasteiger partial charge in [0.05, 0.1) is 0 Å². The van der Waals surface area contributed by atoms with Gasteiger partial charge in [0, 0.05) is 16.7 Å². The predicted molar refractivity (Wildman–Crippen MR) is 80.2 cm³/mol. The fourth-order valence-electron chi connectivity index (χ4n) is 1.79. The van der Waals surface area contributed by atoms with Gasteiger partial charge < -0.3 is 5.73 Å². The SMILES string of the molecule is CCC(C)CC(C)NS(=O)(=O)c1cc(Br)cnc1N. The van der Waals surface area contributed by atoms with Crippen molar-refractivity contribution in [2.75, 3.05) is 5.73 Å². The van der Waals surface area contributed by atoms with Crippen LogP contribution in [-0.2, 0) is 10.0 Å². The van der Waals surface area contributed by atoms with Crippen molar-refractivity contribution in [3.05, 3.63) is 16.7 Å². The molecule has 0 spiro atoms. The summed E-state index contributed by atoms with van der Waals surface area (Å²) in [6.07, 6.45) is 3.28. The number of hydrogen-bond donors (Lipinski definition) is 2. The van der Waals surface area contributed by atoms with Crippen molar-refractivity contribution < 1.29 is 8.42 Å². The summed E-state index contributed by atoms with van der Waals surface area (Å²) in [4.78, 5) is 3.85. The topological polar surface area (TPSA) is 85.1 Å². The Kier molecular flexibility index (Phi) is 5.76. The molecule has 0 fully saturated rings.